The standard InChI is InChI=1S/C25H22BrN3O5/c1-16-3-5-18(6-4-16)25(32)34-22-12-9-20(26)13-19(22)14-28-29-23(30)15-27-24(31)17-7-10-21(33-2)11-8-17/h3-14H,15H2,1-2H3,(H,27,31)(H,29,30)/b28-14+. The Bertz CT molecular complexity index is 1210. The van der Waals surface area contributed by atoms with Crippen LogP contribution in [-0.2, 0) is 4.79 Å². The predicted octanol–water partition coefficient (Wildman–Crippen LogP) is 3.87. The van der Waals surface area contributed by atoms with Crippen LogP contribution in [0.1, 0.15) is 31.8 Å². The highest BCUT2D eigenvalue weighted by molar-refractivity contribution is 9.10. The Balaban J connectivity index is 1.57. The van der Waals surface area contributed by atoms with Crippen molar-refractivity contribution >= 4 is 39.9 Å². The zero-order valence-electron chi connectivity index (χ0n) is 18.5. The van der Waals surface area contributed by atoms with Crippen LogP contribution in [0.3, 0.4) is 0 Å². The van der Waals surface area contributed by atoms with Crippen molar-refractivity contribution in [3.63, 3.8) is 0 Å². The van der Waals surface area contributed by atoms with Crippen LogP contribution in [0, 0.1) is 6.92 Å². The monoisotopic (exact) mass is 523 g/mol. The predicted molar refractivity (Wildman–Crippen MR) is 131 cm³/mol. The van der Waals surface area contributed by atoms with Gasteiger partial charge >= 0.3 is 5.97 Å². The molecule has 3 aromatic rings. The fraction of sp³-hybridized carbons (Fsp3) is 0.120. The number of ether oxygens (including phenoxy) is 2. The Labute approximate surface area is 205 Å². The molecule has 174 valence electrons. The van der Waals surface area contributed by atoms with Gasteiger partial charge in [0.15, 0.2) is 0 Å². The number of hydrogen-bond donors (Lipinski definition) is 2. The number of halogens is 1. The zero-order valence-corrected chi connectivity index (χ0v) is 20.1. The molecule has 0 saturated carbocycles. The van der Waals surface area contributed by atoms with Gasteiger partial charge in [0.05, 0.1) is 25.4 Å². The number of hydrazone groups is 1. The molecule has 34 heavy (non-hydrogen) atoms. The lowest BCUT2D eigenvalue weighted by Crippen LogP contribution is -2.34. The quantitative estimate of drug-likeness (QED) is 0.202. The number of carbonyl (C=O) groups excluding carboxylic acids is 3. The summed E-state index contributed by atoms with van der Waals surface area (Å²) in [6.45, 7) is 1.66. The highest BCUT2D eigenvalue weighted by Gasteiger charge is 2.12. The minimum Gasteiger partial charge on any atom is -0.497 e. The molecule has 0 aliphatic carbocycles. The number of benzene rings is 3. The molecule has 0 radical (unpaired) electrons. The molecule has 0 aliphatic heterocycles. The Kier molecular flexibility index (Phi) is 8.53. The first-order valence-electron chi connectivity index (χ1n) is 10.2. The third-order valence-corrected chi connectivity index (χ3v) is 5.11. The largest absolute Gasteiger partial charge is 0.497 e. The fourth-order valence-corrected chi connectivity index (χ4v) is 3.16. The number of amides is 2. The van der Waals surface area contributed by atoms with Gasteiger partial charge in [0, 0.05) is 15.6 Å². The van der Waals surface area contributed by atoms with Crippen molar-refractivity contribution < 1.29 is 23.9 Å². The molecule has 0 unspecified atom stereocenters. The summed E-state index contributed by atoms with van der Waals surface area (Å²) >= 11 is 3.36. The van der Waals surface area contributed by atoms with Gasteiger partial charge in [0.25, 0.3) is 11.8 Å². The second kappa shape index (κ2) is 11.8. The molecule has 3 aromatic carbocycles. The van der Waals surface area contributed by atoms with Crippen molar-refractivity contribution in [2.75, 3.05) is 13.7 Å². The van der Waals surface area contributed by atoms with Crippen LogP contribution in [-0.4, -0.2) is 37.7 Å². The van der Waals surface area contributed by atoms with Crippen LogP contribution in [0.5, 0.6) is 11.5 Å². The normalized spacial score (nSPS) is 10.6. The van der Waals surface area contributed by atoms with E-state index in [9.17, 15) is 14.4 Å². The SMILES string of the molecule is COc1ccc(C(=O)NCC(=O)N/N=C/c2cc(Br)ccc2OC(=O)c2ccc(C)cc2)cc1. The van der Waals surface area contributed by atoms with E-state index in [0.717, 1.165) is 10.0 Å². The molecule has 0 aliphatic rings. The maximum Gasteiger partial charge on any atom is 0.343 e. The molecule has 0 saturated heterocycles. The third kappa shape index (κ3) is 7.01. The molecule has 0 spiro atoms. The van der Waals surface area contributed by atoms with E-state index in [0.29, 0.717) is 22.4 Å². The smallest absolute Gasteiger partial charge is 0.343 e. The van der Waals surface area contributed by atoms with E-state index in [2.05, 4.69) is 31.8 Å². The van der Waals surface area contributed by atoms with E-state index < -0.39 is 17.8 Å². The zero-order chi connectivity index (χ0) is 24.5. The van der Waals surface area contributed by atoms with E-state index in [1.807, 2.05) is 19.1 Å². The number of hydrogen-bond acceptors (Lipinski definition) is 6. The van der Waals surface area contributed by atoms with Gasteiger partial charge in [-0.05, 0) is 61.5 Å². The van der Waals surface area contributed by atoms with E-state index in [-0.39, 0.29) is 12.3 Å². The summed E-state index contributed by atoms with van der Waals surface area (Å²) in [4.78, 5) is 36.6. The van der Waals surface area contributed by atoms with Crippen molar-refractivity contribution in [2.45, 2.75) is 6.92 Å². The molecule has 2 N–H and O–H groups in total. The molecule has 8 nitrogen and oxygen atoms in total. The Hall–Kier alpha value is -3.98. The van der Waals surface area contributed by atoms with Gasteiger partial charge in [0.2, 0.25) is 0 Å². The number of nitrogens with zero attached hydrogens (tertiary/aromatic N) is 1. The number of esters is 1. The lowest BCUT2D eigenvalue weighted by atomic mass is 10.1. The van der Waals surface area contributed by atoms with E-state index in [4.69, 9.17) is 9.47 Å². The minimum absolute atomic E-state index is 0.268. The molecule has 0 aromatic heterocycles. The Morgan fingerprint density at radius 2 is 1.65 bits per heavy atom. The van der Waals surface area contributed by atoms with Crippen molar-refractivity contribution in [3.05, 3.63) is 93.5 Å². The van der Waals surface area contributed by atoms with Gasteiger partial charge < -0.3 is 14.8 Å². The summed E-state index contributed by atoms with van der Waals surface area (Å²) < 4.78 is 11.3. The van der Waals surface area contributed by atoms with E-state index in [1.165, 1.54) is 13.3 Å². The first-order valence-corrected chi connectivity index (χ1v) is 11.0. The van der Waals surface area contributed by atoms with Crippen LogP contribution >= 0.6 is 15.9 Å². The highest BCUT2D eigenvalue weighted by atomic mass is 79.9. The van der Waals surface area contributed by atoms with E-state index >= 15 is 0 Å². The van der Waals surface area contributed by atoms with Gasteiger partial charge in [-0.25, -0.2) is 10.2 Å². The maximum atomic E-state index is 12.5. The summed E-state index contributed by atoms with van der Waals surface area (Å²) in [7, 11) is 1.53. The summed E-state index contributed by atoms with van der Waals surface area (Å²) in [5.41, 5.74) is 4.64. The van der Waals surface area contributed by atoms with Gasteiger partial charge in [-0.15, -0.1) is 0 Å². The number of rotatable bonds is 8. The lowest BCUT2D eigenvalue weighted by Gasteiger charge is -2.08. The van der Waals surface area contributed by atoms with Gasteiger partial charge in [-0.2, -0.15) is 5.10 Å². The summed E-state index contributed by atoms with van der Waals surface area (Å²) in [6, 6.07) is 18.5. The average molecular weight is 524 g/mol. The first kappa shape index (κ1) is 24.7. The second-order valence-corrected chi connectivity index (χ2v) is 8.06. The number of carbonyl (C=O) groups is 3. The molecule has 0 heterocycles. The molecule has 0 fully saturated rings. The van der Waals surface area contributed by atoms with Crippen molar-refractivity contribution in [1.82, 2.24) is 10.7 Å². The summed E-state index contributed by atoms with van der Waals surface area (Å²) in [5.74, 6) is -0.535. The second-order valence-electron chi connectivity index (χ2n) is 7.14. The van der Waals surface area contributed by atoms with E-state index in [1.54, 1.807) is 54.6 Å². The minimum atomic E-state index is -0.522. The van der Waals surface area contributed by atoms with Gasteiger partial charge in [-0.1, -0.05) is 33.6 Å². The fourth-order valence-electron chi connectivity index (χ4n) is 2.78. The van der Waals surface area contributed by atoms with Crippen LogP contribution < -0.4 is 20.2 Å². The Morgan fingerprint density at radius 3 is 2.32 bits per heavy atom. The molecular weight excluding hydrogens is 502 g/mol. The molecule has 3 rings (SSSR count). The molecule has 0 atom stereocenters. The molecule has 2 amide bonds. The molecular formula is C25H22BrN3O5. The Morgan fingerprint density at radius 1 is 0.971 bits per heavy atom. The number of nitrogens with one attached hydrogen (secondary N) is 2. The molecule has 9 heteroatoms. The first-order chi connectivity index (χ1) is 16.4. The van der Waals surface area contributed by atoms with Crippen molar-refractivity contribution in [3.8, 4) is 11.5 Å². The third-order valence-electron chi connectivity index (χ3n) is 4.62. The number of aryl methyl sites for hydroxylation is 1. The highest BCUT2D eigenvalue weighted by Crippen LogP contribution is 2.23. The lowest BCUT2D eigenvalue weighted by molar-refractivity contribution is -0.120. The van der Waals surface area contributed by atoms with Crippen molar-refractivity contribution in [1.29, 1.82) is 0 Å². The number of methoxy groups -OCH3 is 1. The topological polar surface area (TPSA) is 106 Å². The molecule has 0 bridgehead atoms. The van der Waals surface area contributed by atoms with Crippen LogP contribution in [0.15, 0.2) is 76.3 Å². The van der Waals surface area contributed by atoms with Crippen molar-refractivity contribution in [2.24, 2.45) is 5.10 Å². The average Bonchev–Trinajstić information content (AvgIpc) is 2.84. The maximum absolute atomic E-state index is 12.5. The summed E-state index contributed by atoms with van der Waals surface area (Å²) in [6.07, 6.45) is 1.35. The van der Waals surface area contributed by atoms with Gasteiger partial charge in [0.1, 0.15) is 11.5 Å². The van der Waals surface area contributed by atoms with Crippen LogP contribution in [0.4, 0.5) is 0 Å². The van der Waals surface area contributed by atoms with Crippen LogP contribution in [0.2, 0.25) is 0 Å². The summed E-state index contributed by atoms with van der Waals surface area (Å²) in [5, 5.41) is 6.41. The van der Waals surface area contributed by atoms with Crippen LogP contribution in [0.25, 0.3) is 0 Å². The van der Waals surface area contributed by atoms with Gasteiger partial charge in [-0.3, -0.25) is 9.59 Å².